The van der Waals surface area contributed by atoms with Crippen LogP contribution in [-0.4, -0.2) is 49.7 Å². The Morgan fingerprint density at radius 2 is 2.25 bits per heavy atom. The maximum atomic E-state index is 12.2. The lowest BCUT2D eigenvalue weighted by Gasteiger charge is -2.37. The van der Waals surface area contributed by atoms with Crippen LogP contribution in [0.5, 0.6) is 0 Å². The molecule has 2 aliphatic rings. The smallest absolute Gasteiger partial charge is 0.239 e. The predicted octanol–water partition coefficient (Wildman–Crippen LogP) is 0.622. The second-order valence-electron chi connectivity index (χ2n) is 4.97. The second kappa shape index (κ2) is 5.15. The highest BCUT2D eigenvalue weighted by atomic mass is 16.5. The maximum Gasteiger partial charge on any atom is 0.239 e. The molecule has 0 saturated carbocycles. The molecule has 0 radical (unpaired) electrons. The Morgan fingerprint density at radius 3 is 2.88 bits per heavy atom. The van der Waals surface area contributed by atoms with Crippen molar-refractivity contribution in [3.05, 3.63) is 0 Å². The molecule has 16 heavy (non-hydrogen) atoms. The van der Waals surface area contributed by atoms with Crippen LogP contribution < -0.4 is 5.32 Å². The van der Waals surface area contributed by atoms with Gasteiger partial charge in [0, 0.05) is 20.2 Å². The van der Waals surface area contributed by atoms with E-state index in [4.69, 9.17) is 4.74 Å². The molecule has 2 rings (SSSR count). The summed E-state index contributed by atoms with van der Waals surface area (Å²) >= 11 is 0. The van der Waals surface area contributed by atoms with E-state index in [0.717, 1.165) is 38.9 Å². The Kier molecular flexibility index (Phi) is 3.82. The number of likely N-dealkylation sites (tertiary alicyclic amines) is 1. The van der Waals surface area contributed by atoms with Crippen molar-refractivity contribution in [1.82, 2.24) is 10.2 Å². The standard InChI is InChI=1S/C12H22N2O2/c1-9-5-7-14(8-11(9)16-2)12(15)10-4-3-6-13-10/h9-11,13H,3-8H2,1-2H3/t9?,10-,11?/m1/s1. The monoisotopic (exact) mass is 226 g/mol. The molecule has 2 fully saturated rings. The Morgan fingerprint density at radius 1 is 1.44 bits per heavy atom. The van der Waals surface area contributed by atoms with Gasteiger partial charge in [-0.1, -0.05) is 6.92 Å². The third kappa shape index (κ3) is 2.38. The van der Waals surface area contributed by atoms with Gasteiger partial charge in [-0.15, -0.1) is 0 Å². The van der Waals surface area contributed by atoms with Crippen molar-refractivity contribution in [1.29, 1.82) is 0 Å². The summed E-state index contributed by atoms with van der Waals surface area (Å²) in [5.41, 5.74) is 0. The summed E-state index contributed by atoms with van der Waals surface area (Å²) in [5, 5.41) is 3.27. The molecule has 2 unspecified atom stereocenters. The van der Waals surface area contributed by atoms with Gasteiger partial charge in [-0.05, 0) is 31.7 Å². The fourth-order valence-corrected chi connectivity index (χ4v) is 2.66. The zero-order valence-electron chi connectivity index (χ0n) is 10.2. The molecule has 2 aliphatic heterocycles. The SMILES string of the molecule is COC1CN(C(=O)[C@H]2CCCN2)CCC1C. The Balaban J connectivity index is 1.91. The Bertz CT molecular complexity index is 251. The summed E-state index contributed by atoms with van der Waals surface area (Å²) in [7, 11) is 1.74. The number of ether oxygens (including phenoxy) is 1. The molecule has 2 saturated heterocycles. The fourth-order valence-electron chi connectivity index (χ4n) is 2.66. The topological polar surface area (TPSA) is 41.6 Å². The summed E-state index contributed by atoms with van der Waals surface area (Å²) in [6.07, 6.45) is 3.37. The number of amides is 1. The number of carbonyl (C=O) groups is 1. The number of carbonyl (C=O) groups excluding carboxylic acids is 1. The van der Waals surface area contributed by atoms with E-state index in [1.807, 2.05) is 4.90 Å². The van der Waals surface area contributed by atoms with E-state index >= 15 is 0 Å². The van der Waals surface area contributed by atoms with Crippen molar-refractivity contribution in [2.45, 2.75) is 38.3 Å². The van der Waals surface area contributed by atoms with Gasteiger partial charge in [0.2, 0.25) is 5.91 Å². The van der Waals surface area contributed by atoms with Gasteiger partial charge >= 0.3 is 0 Å². The molecule has 1 amide bonds. The largest absolute Gasteiger partial charge is 0.379 e. The number of methoxy groups -OCH3 is 1. The minimum Gasteiger partial charge on any atom is -0.379 e. The molecule has 0 aromatic rings. The summed E-state index contributed by atoms with van der Waals surface area (Å²) < 4.78 is 5.43. The van der Waals surface area contributed by atoms with Gasteiger partial charge < -0.3 is 15.0 Å². The van der Waals surface area contributed by atoms with Crippen molar-refractivity contribution >= 4 is 5.91 Å². The number of piperidine rings is 1. The first-order valence-electron chi connectivity index (χ1n) is 6.27. The van der Waals surface area contributed by atoms with E-state index in [1.165, 1.54) is 0 Å². The third-order valence-electron chi connectivity index (χ3n) is 3.86. The molecule has 2 heterocycles. The fraction of sp³-hybridized carbons (Fsp3) is 0.917. The van der Waals surface area contributed by atoms with Gasteiger partial charge in [0.25, 0.3) is 0 Å². The van der Waals surface area contributed by atoms with Gasteiger partial charge in [0.15, 0.2) is 0 Å². The van der Waals surface area contributed by atoms with E-state index in [2.05, 4.69) is 12.2 Å². The highest BCUT2D eigenvalue weighted by Gasteiger charge is 2.33. The van der Waals surface area contributed by atoms with Gasteiger partial charge in [0.05, 0.1) is 12.1 Å². The van der Waals surface area contributed by atoms with Crippen LogP contribution in [-0.2, 0) is 9.53 Å². The number of hydrogen-bond acceptors (Lipinski definition) is 3. The molecule has 4 heteroatoms. The quantitative estimate of drug-likeness (QED) is 0.750. The van der Waals surface area contributed by atoms with Crippen LogP contribution in [0.25, 0.3) is 0 Å². The molecule has 3 atom stereocenters. The minimum atomic E-state index is 0.0610. The van der Waals surface area contributed by atoms with E-state index in [9.17, 15) is 4.79 Å². The average molecular weight is 226 g/mol. The molecular formula is C12H22N2O2. The summed E-state index contributed by atoms with van der Waals surface area (Å²) in [4.78, 5) is 14.1. The van der Waals surface area contributed by atoms with Gasteiger partial charge in [-0.2, -0.15) is 0 Å². The van der Waals surface area contributed by atoms with Gasteiger partial charge in [-0.25, -0.2) is 0 Å². The lowest BCUT2D eigenvalue weighted by Crippen LogP contribution is -2.51. The lowest BCUT2D eigenvalue weighted by atomic mass is 9.95. The van der Waals surface area contributed by atoms with Crippen molar-refractivity contribution in [3.8, 4) is 0 Å². The molecule has 0 spiro atoms. The van der Waals surface area contributed by atoms with Crippen molar-refractivity contribution in [2.75, 3.05) is 26.7 Å². The highest BCUT2D eigenvalue weighted by Crippen LogP contribution is 2.21. The van der Waals surface area contributed by atoms with Crippen LogP contribution in [0, 0.1) is 5.92 Å². The first kappa shape index (κ1) is 11.9. The van der Waals surface area contributed by atoms with Crippen molar-refractivity contribution < 1.29 is 9.53 Å². The van der Waals surface area contributed by atoms with Gasteiger partial charge in [-0.3, -0.25) is 4.79 Å². The van der Waals surface area contributed by atoms with Crippen molar-refractivity contribution in [2.24, 2.45) is 5.92 Å². The average Bonchev–Trinajstić information content (AvgIpc) is 2.82. The van der Waals surface area contributed by atoms with E-state index in [1.54, 1.807) is 7.11 Å². The molecule has 0 aromatic heterocycles. The number of nitrogens with zero attached hydrogens (tertiary/aromatic N) is 1. The number of rotatable bonds is 2. The molecule has 92 valence electrons. The van der Waals surface area contributed by atoms with Crippen LogP contribution in [0.1, 0.15) is 26.2 Å². The lowest BCUT2D eigenvalue weighted by molar-refractivity contribution is -0.138. The molecule has 0 bridgehead atoms. The number of nitrogens with one attached hydrogen (secondary N) is 1. The van der Waals surface area contributed by atoms with E-state index in [-0.39, 0.29) is 18.1 Å². The maximum absolute atomic E-state index is 12.2. The van der Waals surface area contributed by atoms with Crippen LogP contribution in [0.15, 0.2) is 0 Å². The molecule has 4 nitrogen and oxygen atoms in total. The predicted molar refractivity (Wildman–Crippen MR) is 62.2 cm³/mol. The van der Waals surface area contributed by atoms with Crippen LogP contribution >= 0.6 is 0 Å². The first-order valence-corrected chi connectivity index (χ1v) is 6.27. The summed E-state index contributed by atoms with van der Waals surface area (Å²) in [6, 6.07) is 0.0610. The van der Waals surface area contributed by atoms with E-state index in [0.29, 0.717) is 5.92 Å². The zero-order chi connectivity index (χ0) is 11.5. The molecular weight excluding hydrogens is 204 g/mol. The van der Waals surface area contributed by atoms with Gasteiger partial charge in [0.1, 0.15) is 0 Å². The molecule has 0 aliphatic carbocycles. The zero-order valence-corrected chi connectivity index (χ0v) is 10.2. The van der Waals surface area contributed by atoms with Crippen LogP contribution in [0.2, 0.25) is 0 Å². The Hall–Kier alpha value is -0.610. The minimum absolute atomic E-state index is 0.0610. The number of hydrogen-bond donors (Lipinski definition) is 1. The van der Waals surface area contributed by atoms with Crippen LogP contribution in [0.3, 0.4) is 0 Å². The van der Waals surface area contributed by atoms with E-state index < -0.39 is 0 Å². The highest BCUT2D eigenvalue weighted by molar-refractivity contribution is 5.82. The Labute approximate surface area is 97.3 Å². The van der Waals surface area contributed by atoms with Crippen LogP contribution in [0.4, 0.5) is 0 Å². The normalized spacial score (nSPS) is 35.4. The summed E-state index contributed by atoms with van der Waals surface area (Å²) in [6.45, 7) is 4.82. The first-order chi connectivity index (χ1) is 7.72. The molecule has 1 N–H and O–H groups in total. The second-order valence-corrected chi connectivity index (χ2v) is 4.97. The third-order valence-corrected chi connectivity index (χ3v) is 3.86. The molecule has 0 aromatic carbocycles. The van der Waals surface area contributed by atoms with Crippen molar-refractivity contribution in [3.63, 3.8) is 0 Å². The summed E-state index contributed by atoms with van der Waals surface area (Å²) in [5.74, 6) is 0.831.